The molecule has 0 saturated carbocycles. The number of ether oxygens (including phenoxy) is 1. The van der Waals surface area contributed by atoms with Gasteiger partial charge in [0.25, 0.3) is 11.8 Å². The number of alkyl halides is 2. The van der Waals surface area contributed by atoms with E-state index < -0.39 is 12.5 Å². The number of para-hydroxylation sites is 1. The lowest BCUT2D eigenvalue weighted by molar-refractivity contribution is -0.0503. The molecule has 148 valence electrons. The number of piperazine rings is 1. The Hall–Kier alpha value is -3.16. The summed E-state index contributed by atoms with van der Waals surface area (Å²) in [6.07, 6.45) is 0. The van der Waals surface area contributed by atoms with Gasteiger partial charge in [-0.05, 0) is 36.8 Å². The molecule has 0 atom stereocenters. The highest BCUT2D eigenvalue weighted by atomic mass is 19.3. The minimum Gasteiger partial charge on any atom is -0.434 e. The van der Waals surface area contributed by atoms with Gasteiger partial charge in [0.2, 0.25) is 0 Å². The SMILES string of the molecule is Cc1ccc(N)cc1C(=O)N1CCN(C(=O)c2ccccc2OC(F)F)CC1. The number of nitrogens with two attached hydrogens (primary N) is 1. The predicted molar refractivity (Wildman–Crippen MR) is 100 cm³/mol. The van der Waals surface area contributed by atoms with Crippen LogP contribution in [0.5, 0.6) is 5.75 Å². The third-order valence-corrected chi connectivity index (χ3v) is 4.68. The van der Waals surface area contributed by atoms with Gasteiger partial charge in [-0.25, -0.2) is 0 Å². The standard InChI is InChI=1S/C20H21F2N3O3/c1-13-6-7-14(23)12-16(13)19(27)25-10-8-24(9-11-25)18(26)15-4-2-3-5-17(15)28-20(21)22/h2-7,12,20H,8-11,23H2,1H3. The van der Waals surface area contributed by atoms with Crippen LogP contribution in [0.15, 0.2) is 42.5 Å². The summed E-state index contributed by atoms with van der Waals surface area (Å²) in [5, 5.41) is 0. The van der Waals surface area contributed by atoms with Gasteiger partial charge in [0.1, 0.15) is 5.75 Å². The summed E-state index contributed by atoms with van der Waals surface area (Å²) in [7, 11) is 0. The molecule has 0 radical (unpaired) electrons. The lowest BCUT2D eigenvalue weighted by Crippen LogP contribution is -2.50. The Morgan fingerprint density at radius 1 is 0.964 bits per heavy atom. The number of carbonyl (C=O) groups is 2. The first kappa shape index (κ1) is 19.6. The maximum atomic E-state index is 12.8. The van der Waals surface area contributed by atoms with Crippen molar-refractivity contribution in [3.8, 4) is 5.75 Å². The van der Waals surface area contributed by atoms with Gasteiger partial charge in [-0.15, -0.1) is 0 Å². The van der Waals surface area contributed by atoms with Crippen molar-refractivity contribution >= 4 is 17.5 Å². The molecule has 1 heterocycles. The zero-order valence-corrected chi connectivity index (χ0v) is 15.4. The van der Waals surface area contributed by atoms with Gasteiger partial charge in [-0.2, -0.15) is 8.78 Å². The van der Waals surface area contributed by atoms with Gasteiger partial charge >= 0.3 is 6.61 Å². The van der Waals surface area contributed by atoms with Gasteiger partial charge in [0.15, 0.2) is 0 Å². The molecule has 2 N–H and O–H groups in total. The molecule has 0 aromatic heterocycles. The second-order valence-electron chi connectivity index (χ2n) is 6.53. The molecule has 6 nitrogen and oxygen atoms in total. The van der Waals surface area contributed by atoms with Crippen molar-refractivity contribution in [1.82, 2.24) is 9.80 Å². The van der Waals surface area contributed by atoms with Crippen LogP contribution >= 0.6 is 0 Å². The summed E-state index contributed by atoms with van der Waals surface area (Å²) in [5.41, 5.74) is 7.74. The fourth-order valence-electron chi connectivity index (χ4n) is 3.17. The van der Waals surface area contributed by atoms with Gasteiger partial charge < -0.3 is 20.3 Å². The zero-order chi connectivity index (χ0) is 20.3. The van der Waals surface area contributed by atoms with Crippen molar-refractivity contribution in [3.63, 3.8) is 0 Å². The first-order valence-electron chi connectivity index (χ1n) is 8.85. The molecule has 2 amide bonds. The minimum atomic E-state index is -3.01. The molecule has 0 spiro atoms. The van der Waals surface area contributed by atoms with Crippen LogP contribution in [0.25, 0.3) is 0 Å². The molecule has 1 saturated heterocycles. The maximum absolute atomic E-state index is 12.8. The average Bonchev–Trinajstić information content (AvgIpc) is 2.69. The molecule has 3 rings (SSSR count). The number of aryl methyl sites for hydroxylation is 1. The summed E-state index contributed by atoms with van der Waals surface area (Å²) in [6, 6.07) is 11.1. The van der Waals surface area contributed by atoms with Crippen LogP contribution in [0.2, 0.25) is 0 Å². The second-order valence-corrected chi connectivity index (χ2v) is 6.53. The third-order valence-electron chi connectivity index (χ3n) is 4.68. The zero-order valence-electron chi connectivity index (χ0n) is 15.4. The summed E-state index contributed by atoms with van der Waals surface area (Å²) < 4.78 is 29.6. The normalized spacial score (nSPS) is 14.3. The van der Waals surface area contributed by atoms with Crippen molar-refractivity contribution in [2.24, 2.45) is 0 Å². The Morgan fingerprint density at radius 2 is 1.54 bits per heavy atom. The number of hydrogen-bond donors (Lipinski definition) is 1. The minimum absolute atomic E-state index is 0.0780. The Labute approximate surface area is 161 Å². The second kappa shape index (κ2) is 8.24. The summed E-state index contributed by atoms with van der Waals surface area (Å²) >= 11 is 0. The van der Waals surface area contributed by atoms with Crippen LogP contribution in [0, 0.1) is 6.92 Å². The largest absolute Gasteiger partial charge is 0.434 e. The predicted octanol–water partition coefficient (Wildman–Crippen LogP) is 2.78. The van der Waals surface area contributed by atoms with E-state index in [1.807, 2.05) is 6.92 Å². The molecular formula is C20H21F2N3O3. The number of nitrogens with zero attached hydrogens (tertiary/aromatic N) is 2. The quantitative estimate of drug-likeness (QED) is 0.816. The highest BCUT2D eigenvalue weighted by Gasteiger charge is 2.28. The number of hydrogen-bond acceptors (Lipinski definition) is 4. The molecule has 1 aliphatic heterocycles. The summed E-state index contributed by atoms with van der Waals surface area (Å²) in [5.74, 6) is -0.696. The van der Waals surface area contributed by atoms with Crippen molar-refractivity contribution < 1.29 is 23.1 Å². The maximum Gasteiger partial charge on any atom is 0.387 e. The average molecular weight is 389 g/mol. The monoisotopic (exact) mass is 389 g/mol. The van der Waals surface area contributed by atoms with Crippen molar-refractivity contribution in [2.45, 2.75) is 13.5 Å². The lowest BCUT2D eigenvalue weighted by Gasteiger charge is -2.35. The van der Waals surface area contributed by atoms with Crippen LogP contribution in [0.4, 0.5) is 14.5 Å². The highest BCUT2D eigenvalue weighted by Crippen LogP contribution is 2.23. The van der Waals surface area contributed by atoms with E-state index in [9.17, 15) is 18.4 Å². The fourth-order valence-corrected chi connectivity index (χ4v) is 3.17. The Morgan fingerprint density at radius 3 is 2.14 bits per heavy atom. The summed E-state index contributed by atoms with van der Waals surface area (Å²) in [4.78, 5) is 28.7. The Balaban J connectivity index is 1.68. The van der Waals surface area contributed by atoms with Crippen LogP contribution in [0.1, 0.15) is 26.3 Å². The first-order chi connectivity index (χ1) is 13.4. The van der Waals surface area contributed by atoms with Crippen molar-refractivity contribution in [1.29, 1.82) is 0 Å². The van der Waals surface area contributed by atoms with Crippen molar-refractivity contribution in [3.05, 3.63) is 59.2 Å². The number of amides is 2. The van der Waals surface area contributed by atoms with E-state index in [0.29, 0.717) is 37.4 Å². The van der Waals surface area contributed by atoms with E-state index in [-0.39, 0.29) is 17.2 Å². The third kappa shape index (κ3) is 4.21. The van der Waals surface area contributed by atoms with E-state index >= 15 is 0 Å². The highest BCUT2D eigenvalue weighted by molar-refractivity contribution is 5.98. The number of halogens is 2. The van der Waals surface area contributed by atoms with E-state index in [1.54, 1.807) is 29.2 Å². The molecular weight excluding hydrogens is 368 g/mol. The van der Waals surface area contributed by atoms with Gasteiger partial charge in [-0.1, -0.05) is 18.2 Å². The topological polar surface area (TPSA) is 75.9 Å². The molecule has 0 bridgehead atoms. The number of nitrogen functional groups attached to an aromatic ring is 1. The van der Waals surface area contributed by atoms with Crippen LogP contribution in [0.3, 0.4) is 0 Å². The molecule has 2 aromatic carbocycles. The smallest absolute Gasteiger partial charge is 0.387 e. The Kier molecular flexibility index (Phi) is 5.77. The van der Waals surface area contributed by atoms with E-state index in [4.69, 9.17) is 5.73 Å². The van der Waals surface area contributed by atoms with Crippen LogP contribution in [-0.4, -0.2) is 54.4 Å². The van der Waals surface area contributed by atoms with Crippen LogP contribution < -0.4 is 10.5 Å². The Bertz CT molecular complexity index is 881. The molecule has 2 aromatic rings. The van der Waals surface area contributed by atoms with E-state index in [1.165, 1.54) is 23.1 Å². The molecule has 28 heavy (non-hydrogen) atoms. The van der Waals surface area contributed by atoms with Gasteiger partial charge in [0, 0.05) is 37.4 Å². The molecule has 8 heteroatoms. The molecule has 0 unspecified atom stereocenters. The van der Waals surface area contributed by atoms with E-state index in [0.717, 1.165) is 5.56 Å². The van der Waals surface area contributed by atoms with Gasteiger partial charge in [-0.3, -0.25) is 9.59 Å². The van der Waals surface area contributed by atoms with Gasteiger partial charge in [0.05, 0.1) is 5.56 Å². The van der Waals surface area contributed by atoms with E-state index in [2.05, 4.69) is 4.74 Å². The number of anilines is 1. The van der Waals surface area contributed by atoms with Crippen LogP contribution in [-0.2, 0) is 0 Å². The molecule has 0 aliphatic carbocycles. The summed E-state index contributed by atoms with van der Waals surface area (Å²) in [6.45, 7) is 0.119. The molecule has 1 fully saturated rings. The number of carbonyl (C=O) groups excluding carboxylic acids is 2. The fraction of sp³-hybridized carbons (Fsp3) is 0.300. The lowest BCUT2D eigenvalue weighted by atomic mass is 10.1. The molecule has 1 aliphatic rings. The van der Waals surface area contributed by atoms with Crippen molar-refractivity contribution in [2.75, 3.05) is 31.9 Å². The first-order valence-corrected chi connectivity index (χ1v) is 8.85. The number of rotatable bonds is 4. The number of benzene rings is 2.